The molecule has 1 fully saturated rings. The van der Waals surface area contributed by atoms with Gasteiger partial charge in [-0.25, -0.2) is 13.2 Å². The molecule has 3 atom stereocenters. The number of likely N-dealkylation sites (tertiary alicyclic amines) is 1. The smallest absolute Gasteiger partial charge is 0.411 e. The molecule has 0 aromatic heterocycles. The predicted octanol–water partition coefficient (Wildman–Crippen LogP) is 6.23. The van der Waals surface area contributed by atoms with E-state index in [1.807, 2.05) is 39.8 Å². The summed E-state index contributed by atoms with van der Waals surface area (Å²) in [5, 5.41) is -0.757. The minimum atomic E-state index is -3.66. The zero-order chi connectivity index (χ0) is 23.9. The maximum absolute atomic E-state index is 13.6. The van der Waals surface area contributed by atoms with Crippen molar-refractivity contribution in [2.45, 2.75) is 101 Å². The molecule has 0 N–H and O–H groups in total. The third-order valence-corrected chi connectivity index (χ3v) is 7.91. The van der Waals surface area contributed by atoms with Gasteiger partial charge in [-0.05, 0) is 59.1 Å². The van der Waals surface area contributed by atoms with E-state index in [9.17, 15) is 13.2 Å². The zero-order valence-corrected chi connectivity index (χ0v) is 21.0. The summed E-state index contributed by atoms with van der Waals surface area (Å²) >= 11 is 0. The Morgan fingerprint density at radius 1 is 1.19 bits per heavy atom. The van der Waals surface area contributed by atoms with Crippen LogP contribution in [-0.4, -0.2) is 42.3 Å². The number of aryl methyl sites for hydroxylation is 1. The highest BCUT2D eigenvalue weighted by atomic mass is 32.2. The number of ether oxygens (including phenoxy) is 1. The predicted molar refractivity (Wildman–Crippen MR) is 131 cm³/mol. The van der Waals surface area contributed by atoms with E-state index in [2.05, 4.69) is 13.5 Å². The van der Waals surface area contributed by atoms with E-state index in [0.29, 0.717) is 6.42 Å². The van der Waals surface area contributed by atoms with Crippen LogP contribution in [0.3, 0.4) is 0 Å². The number of unbranched alkanes of at least 4 members (excludes halogenated alkanes) is 4. The highest BCUT2D eigenvalue weighted by Crippen LogP contribution is 2.36. The molecule has 0 bridgehead atoms. The number of carbonyl (C=O) groups excluding carboxylic acids is 1. The molecular formula is C26H39NO4S. The number of rotatable bonds is 9. The molecule has 1 amide bonds. The van der Waals surface area contributed by atoms with Crippen molar-refractivity contribution in [2.24, 2.45) is 0 Å². The fourth-order valence-corrected chi connectivity index (χ4v) is 5.93. The third-order valence-electron chi connectivity index (χ3n) is 5.72. The van der Waals surface area contributed by atoms with E-state index in [1.54, 1.807) is 35.2 Å². The van der Waals surface area contributed by atoms with Gasteiger partial charge in [0, 0.05) is 0 Å². The van der Waals surface area contributed by atoms with Crippen LogP contribution in [0, 0.1) is 6.92 Å². The van der Waals surface area contributed by atoms with Gasteiger partial charge in [-0.15, -0.1) is 6.58 Å². The average molecular weight is 462 g/mol. The Labute approximate surface area is 194 Å². The molecule has 1 aromatic rings. The van der Waals surface area contributed by atoms with Gasteiger partial charge in [-0.3, -0.25) is 4.90 Å². The largest absolute Gasteiger partial charge is 0.444 e. The minimum Gasteiger partial charge on any atom is -0.444 e. The summed E-state index contributed by atoms with van der Waals surface area (Å²) < 4.78 is 32.8. The first-order valence-electron chi connectivity index (χ1n) is 11.6. The van der Waals surface area contributed by atoms with Crippen molar-refractivity contribution in [1.29, 1.82) is 0 Å². The first-order chi connectivity index (χ1) is 15.0. The second-order valence-corrected chi connectivity index (χ2v) is 11.8. The summed E-state index contributed by atoms with van der Waals surface area (Å²) in [5.41, 5.74) is 0.323. The molecule has 178 valence electrons. The monoisotopic (exact) mass is 461 g/mol. The van der Waals surface area contributed by atoms with Crippen LogP contribution in [-0.2, 0) is 14.6 Å². The molecule has 5 nitrogen and oxygen atoms in total. The van der Waals surface area contributed by atoms with Crippen molar-refractivity contribution in [1.82, 2.24) is 4.90 Å². The molecule has 1 saturated heterocycles. The lowest BCUT2D eigenvalue weighted by molar-refractivity contribution is 0.0213. The lowest BCUT2D eigenvalue weighted by atomic mass is 10.1. The molecule has 32 heavy (non-hydrogen) atoms. The molecule has 0 spiro atoms. The number of sulfone groups is 1. The van der Waals surface area contributed by atoms with Gasteiger partial charge in [0.05, 0.1) is 22.2 Å². The number of allylic oxidation sites excluding steroid dienone is 1. The second kappa shape index (κ2) is 11.2. The van der Waals surface area contributed by atoms with Crippen LogP contribution in [0.4, 0.5) is 4.79 Å². The fourth-order valence-electron chi connectivity index (χ4n) is 4.03. The van der Waals surface area contributed by atoms with Gasteiger partial charge < -0.3 is 4.74 Å². The molecule has 0 aliphatic carbocycles. The summed E-state index contributed by atoms with van der Waals surface area (Å²) in [5.74, 6) is 0. The molecule has 1 aliphatic rings. The molecule has 0 radical (unpaired) electrons. The van der Waals surface area contributed by atoms with Gasteiger partial charge in [0.1, 0.15) is 5.60 Å². The normalized spacial score (nSPS) is 21.8. The molecule has 1 aliphatic heterocycles. The summed E-state index contributed by atoms with van der Waals surface area (Å²) in [4.78, 5) is 14.9. The van der Waals surface area contributed by atoms with Crippen molar-refractivity contribution in [3.63, 3.8) is 0 Å². The Hall–Kier alpha value is -2.08. The Morgan fingerprint density at radius 3 is 2.41 bits per heavy atom. The van der Waals surface area contributed by atoms with Crippen molar-refractivity contribution < 1.29 is 17.9 Å². The fraction of sp³-hybridized carbons (Fsp3) is 0.577. The van der Waals surface area contributed by atoms with Gasteiger partial charge >= 0.3 is 6.09 Å². The van der Waals surface area contributed by atoms with E-state index in [0.717, 1.165) is 31.2 Å². The second-order valence-electron chi connectivity index (χ2n) is 9.59. The summed E-state index contributed by atoms with van der Waals surface area (Å²) in [7, 11) is -3.66. The van der Waals surface area contributed by atoms with E-state index < -0.39 is 38.9 Å². The van der Waals surface area contributed by atoms with Gasteiger partial charge in [0.15, 0.2) is 9.84 Å². The molecule has 2 rings (SSSR count). The number of hydrogen-bond donors (Lipinski definition) is 0. The van der Waals surface area contributed by atoms with E-state index in [4.69, 9.17) is 4.74 Å². The van der Waals surface area contributed by atoms with Crippen molar-refractivity contribution in [3.8, 4) is 0 Å². The van der Waals surface area contributed by atoms with Crippen molar-refractivity contribution in [2.75, 3.05) is 0 Å². The zero-order valence-electron chi connectivity index (χ0n) is 20.2. The molecule has 1 aromatic carbocycles. The minimum absolute atomic E-state index is 0.281. The number of hydrogen-bond acceptors (Lipinski definition) is 4. The van der Waals surface area contributed by atoms with E-state index >= 15 is 0 Å². The average Bonchev–Trinajstić information content (AvgIpc) is 3.09. The topological polar surface area (TPSA) is 63.7 Å². The van der Waals surface area contributed by atoms with E-state index in [1.165, 1.54) is 6.42 Å². The quantitative estimate of drug-likeness (QED) is 0.323. The van der Waals surface area contributed by atoms with Gasteiger partial charge in [0.25, 0.3) is 0 Å². The van der Waals surface area contributed by atoms with Crippen LogP contribution in [0.1, 0.15) is 71.8 Å². The number of carbonyl (C=O) groups is 1. The lowest BCUT2D eigenvalue weighted by Crippen LogP contribution is -2.45. The van der Waals surface area contributed by atoms with Crippen LogP contribution in [0.25, 0.3) is 0 Å². The maximum Gasteiger partial charge on any atom is 0.411 e. The Bertz CT molecular complexity index is 897. The number of benzene rings is 1. The van der Waals surface area contributed by atoms with E-state index in [-0.39, 0.29) is 4.90 Å². The summed E-state index contributed by atoms with van der Waals surface area (Å²) in [6.07, 6.45) is 10.7. The Morgan fingerprint density at radius 2 is 1.84 bits per heavy atom. The molecule has 6 heteroatoms. The first kappa shape index (κ1) is 26.2. The summed E-state index contributed by atoms with van der Waals surface area (Å²) in [6, 6.07) is 5.88. The van der Waals surface area contributed by atoms with Gasteiger partial charge in [-0.1, -0.05) is 62.1 Å². The van der Waals surface area contributed by atoms with Crippen LogP contribution in [0.5, 0.6) is 0 Å². The van der Waals surface area contributed by atoms with Crippen LogP contribution < -0.4 is 0 Å². The van der Waals surface area contributed by atoms with Crippen molar-refractivity contribution >= 4 is 15.9 Å². The third kappa shape index (κ3) is 6.71. The molecular weight excluding hydrogens is 422 g/mol. The molecule has 0 unspecified atom stereocenters. The van der Waals surface area contributed by atoms with Gasteiger partial charge in [0.2, 0.25) is 0 Å². The van der Waals surface area contributed by atoms with Crippen LogP contribution >= 0.6 is 0 Å². The first-order valence-corrected chi connectivity index (χ1v) is 13.2. The highest BCUT2D eigenvalue weighted by molar-refractivity contribution is 7.92. The standard InChI is InChI=1S/C26H39NO4S/c1-7-9-10-11-12-13-14-23-24(32(29,30)22-17-15-20(3)16-18-22)19-21(8-2)27(23)25(28)31-26(4,5)6/h8,13-18,21,23-24H,2,7,9-12,19H2,1,3-6H3/b14-13+/t21-,23+,24-/m0/s1. The van der Waals surface area contributed by atoms with Crippen LogP contribution in [0.2, 0.25) is 0 Å². The lowest BCUT2D eigenvalue weighted by Gasteiger charge is -2.31. The molecule has 0 saturated carbocycles. The number of nitrogens with zero attached hydrogens (tertiary/aromatic N) is 1. The Kier molecular flexibility index (Phi) is 9.14. The highest BCUT2D eigenvalue weighted by Gasteiger charge is 2.49. The molecule has 1 heterocycles. The Balaban J connectivity index is 2.39. The maximum atomic E-state index is 13.6. The number of amides is 1. The van der Waals surface area contributed by atoms with Crippen LogP contribution in [0.15, 0.2) is 54.0 Å². The van der Waals surface area contributed by atoms with Crippen molar-refractivity contribution in [3.05, 3.63) is 54.6 Å². The SMILES string of the molecule is C=C[C@H]1C[C@H](S(=O)(=O)c2ccc(C)cc2)[C@@H](/C=C/CCCCCC)N1C(=O)OC(C)(C)C. The summed E-state index contributed by atoms with van der Waals surface area (Å²) in [6.45, 7) is 13.4. The van der Waals surface area contributed by atoms with Gasteiger partial charge in [-0.2, -0.15) is 0 Å².